The number of aryl methyl sites for hydroxylation is 2. The van der Waals surface area contributed by atoms with Gasteiger partial charge in [0.05, 0.1) is 11.3 Å². The van der Waals surface area contributed by atoms with E-state index in [0.29, 0.717) is 17.9 Å². The quantitative estimate of drug-likeness (QED) is 0.382. The van der Waals surface area contributed by atoms with E-state index in [1.165, 1.54) is 4.88 Å². The number of aromatic nitrogens is 1. The Morgan fingerprint density at radius 2 is 2.25 bits per heavy atom. The molecule has 0 radical (unpaired) electrons. The maximum Gasteiger partial charge on any atom is 0.173 e. The molecule has 0 aliphatic rings. The second-order valence-corrected chi connectivity index (χ2v) is 6.37. The van der Waals surface area contributed by atoms with Crippen LogP contribution in [0.25, 0.3) is 0 Å². The van der Waals surface area contributed by atoms with E-state index in [1.54, 1.807) is 23.5 Å². The van der Waals surface area contributed by atoms with Gasteiger partial charge in [0.25, 0.3) is 0 Å². The summed E-state index contributed by atoms with van der Waals surface area (Å²) in [4.78, 5) is 5.59. The summed E-state index contributed by atoms with van der Waals surface area (Å²) < 4.78 is 6.55. The maximum atomic E-state index is 8.81. The van der Waals surface area contributed by atoms with Crippen LogP contribution < -0.4 is 10.5 Å². The molecule has 7 heteroatoms. The van der Waals surface area contributed by atoms with E-state index in [-0.39, 0.29) is 5.84 Å². The number of hydrogen-bond acceptors (Lipinski definition) is 5. The lowest BCUT2D eigenvalue weighted by Crippen LogP contribution is -2.15. The molecule has 0 saturated carbocycles. The SMILES string of the molecule is Cc1nc(COc2ccc(Br)cc2/C(N)=N/O)sc1C. The van der Waals surface area contributed by atoms with Gasteiger partial charge in [-0.05, 0) is 32.0 Å². The van der Waals surface area contributed by atoms with Crippen LogP contribution in [0.3, 0.4) is 0 Å². The molecule has 0 unspecified atom stereocenters. The molecule has 3 N–H and O–H groups in total. The van der Waals surface area contributed by atoms with E-state index in [4.69, 9.17) is 15.7 Å². The fourth-order valence-electron chi connectivity index (χ4n) is 1.62. The van der Waals surface area contributed by atoms with E-state index >= 15 is 0 Å². The van der Waals surface area contributed by atoms with Crippen molar-refractivity contribution in [3.63, 3.8) is 0 Å². The normalized spacial score (nSPS) is 11.7. The average Bonchev–Trinajstić information content (AvgIpc) is 2.75. The van der Waals surface area contributed by atoms with Crippen molar-refractivity contribution in [3.8, 4) is 5.75 Å². The Kier molecular flexibility index (Phi) is 4.61. The van der Waals surface area contributed by atoms with Gasteiger partial charge < -0.3 is 15.7 Å². The summed E-state index contributed by atoms with van der Waals surface area (Å²) in [7, 11) is 0. The van der Waals surface area contributed by atoms with Crippen LogP contribution in [0.4, 0.5) is 0 Å². The van der Waals surface area contributed by atoms with Gasteiger partial charge in [0.1, 0.15) is 17.4 Å². The Morgan fingerprint density at radius 1 is 1.50 bits per heavy atom. The van der Waals surface area contributed by atoms with Gasteiger partial charge >= 0.3 is 0 Å². The molecular weight excluding hydrogens is 342 g/mol. The van der Waals surface area contributed by atoms with Gasteiger partial charge in [-0.1, -0.05) is 21.1 Å². The standard InChI is InChI=1S/C13H14BrN3O2S/c1-7-8(2)20-12(16-7)6-19-11-4-3-9(14)5-10(11)13(15)17-18/h3-5,18H,6H2,1-2H3,(H2,15,17). The van der Waals surface area contributed by atoms with Crippen molar-refractivity contribution in [2.24, 2.45) is 10.9 Å². The van der Waals surface area contributed by atoms with Crippen molar-refractivity contribution in [3.05, 3.63) is 43.8 Å². The number of halogens is 1. The Bertz CT molecular complexity index is 636. The minimum atomic E-state index is 0.00722. The smallest absolute Gasteiger partial charge is 0.173 e. The Morgan fingerprint density at radius 3 is 2.85 bits per heavy atom. The lowest BCUT2D eigenvalue weighted by atomic mass is 10.2. The number of hydrogen-bond donors (Lipinski definition) is 2. The molecule has 0 atom stereocenters. The summed E-state index contributed by atoms with van der Waals surface area (Å²) in [6.07, 6.45) is 0. The van der Waals surface area contributed by atoms with Crippen LogP contribution in [-0.4, -0.2) is 16.0 Å². The molecule has 1 aromatic heterocycles. The van der Waals surface area contributed by atoms with Crippen LogP contribution in [0.1, 0.15) is 21.1 Å². The maximum absolute atomic E-state index is 8.81. The molecule has 1 heterocycles. The van der Waals surface area contributed by atoms with Crippen molar-refractivity contribution in [1.82, 2.24) is 4.98 Å². The van der Waals surface area contributed by atoms with Crippen LogP contribution in [-0.2, 0) is 6.61 Å². The van der Waals surface area contributed by atoms with E-state index in [1.807, 2.05) is 19.9 Å². The molecule has 0 spiro atoms. The molecule has 0 aliphatic carbocycles. The summed E-state index contributed by atoms with van der Waals surface area (Å²) >= 11 is 4.95. The van der Waals surface area contributed by atoms with Crippen molar-refractivity contribution < 1.29 is 9.94 Å². The highest BCUT2D eigenvalue weighted by Gasteiger charge is 2.11. The largest absolute Gasteiger partial charge is 0.486 e. The molecule has 1 aromatic carbocycles. The highest BCUT2D eigenvalue weighted by atomic mass is 79.9. The summed E-state index contributed by atoms with van der Waals surface area (Å²) in [5.41, 5.74) is 7.20. The second-order valence-electron chi connectivity index (χ2n) is 4.16. The van der Waals surface area contributed by atoms with Gasteiger partial charge in [0.15, 0.2) is 5.84 Å². The highest BCUT2D eigenvalue weighted by Crippen LogP contribution is 2.25. The first kappa shape index (κ1) is 14.8. The van der Waals surface area contributed by atoms with Gasteiger partial charge in [0.2, 0.25) is 0 Å². The fraction of sp³-hybridized carbons (Fsp3) is 0.231. The second kappa shape index (κ2) is 6.23. The van der Waals surface area contributed by atoms with Crippen molar-refractivity contribution in [1.29, 1.82) is 0 Å². The number of oxime groups is 1. The molecule has 0 fully saturated rings. The predicted molar refractivity (Wildman–Crippen MR) is 82.6 cm³/mol. The lowest BCUT2D eigenvalue weighted by Gasteiger charge is -2.09. The van der Waals surface area contributed by atoms with Crippen LogP contribution in [0.15, 0.2) is 27.8 Å². The van der Waals surface area contributed by atoms with Gasteiger partial charge in [0, 0.05) is 9.35 Å². The molecule has 0 aliphatic heterocycles. The molecule has 106 valence electrons. The van der Waals surface area contributed by atoms with Crippen LogP contribution in [0.5, 0.6) is 5.75 Å². The van der Waals surface area contributed by atoms with Crippen LogP contribution in [0.2, 0.25) is 0 Å². The van der Waals surface area contributed by atoms with Gasteiger partial charge in [-0.15, -0.1) is 11.3 Å². The monoisotopic (exact) mass is 355 g/mol. The summed E-state index contributed by atoms with van der Waals surface area (Å²) in [6.45, 7) is 4.35. The number of ether oxygens (including phenoxy) is 1. The average molecular weight is 356 g/mol. The zero-order valence-corrected chi connectivity index (χ0v) is 13.5. The fourth-order valence-corrected chi connectivity index (χ4v) is 2.83. The molecule has 20 heavy (non-hydrogen) atoms. The third kappa shape index (κ3) is 3.29. The third-order valence-electron chi connectivity index (χ3n) is 2.75. The summed E-state index contributed by atoms with van der Waals surface area (Å²) in [6, 6.07) is 5.34. The number of benzene rings is 1. The van der Waals surface area contributed by atoms with Gasteiger partial charge in [-0.25, -0.2) is 4.98 Å². The number of rotatable bonds is 4. The molecule has 0 bridgehead atoms. The Hall–Kier alpha value is -1.60. The summed E-state index contributed by atoms with van der Waals surface area (Å²) in [5, 5.41) is 12.7. The third-order valence-corrected chi connectivity index (χ3v) is 4.29. The van der Waals surface area contributed by atoms with Gasteiger partial charge in [-0.3, -0.25) is 0 Å². The Balaban J connectivity index is 2.21. The van der Waals surface area contributed by atoms with E-state index in [9.17, 15) is 0 Å². The van der Waals surface area contributed by atoms with Crippen molar-refractivity contribution >= 4 is 33.1 Å². The minimum absolute atomic E-state index is 0.00722. The number of nitrogens with two attached hydrogens (primary N) is 1. The first-order valence-electron chi connectivity index (χ1n) is 5.84. The number of nitrogens with zero attached hydrogens (tertiary/aromatic N) is 2. The molecule has 0 amide bonds. The minimum Gasteiger partial charge on any atom is -0.486 e. The van der Waals surface area contributed by atoms with Gasteiger partial charge in [-0.2, -0.15) is 0 Å². The molecular formula is C13H14BrN3O2S. The molecule has 2 aromatic rings. The lowest BCUT2D eigenvalue weighted by molar-refractivity contribution is 0.302. The van der Waals surface area contributed by atoms with Crippen LogP contribution >= 0.6 is 27.3 Å². The summed E-state index contributed by atoms with van der Waals surface area (Å²) in [5.74, 6) is 0.557. The van der Waals surface area contributed by atoms with Crippen molar-refractivity contribution in [2.75, 3.05) is 0 Å². The van der Waals surface area contributed by atoms with E-state index in [0.717, 1.165) is 15.2 Å². The first-order valence-corrected chi connectivity index (χ1v) is 7.45. The molecule has 0 saturated heterocycles. The van der Waals surface area contributed by atoms with Crippen LogP contribution in [0, 0.1) is 13.8 Å². The zero-order valence-electron chi connectivity index (χ0n) is 11.1. The van der Waals surface area contributed by atoms with E-state index in [2.05, 4.69) is 26.1 Å². The predicted octanol–water partition coefficient (Wildman–Crippen LogP) is 3.20. The topological polar surface area (TPSA) is 80.7 Å². The Labute approximate surface area is 129 Å². The van der Waals surface area contributed by atoms with Crippen molar-refractivity contribution in [2.45, 2.75) is 20.5 Å². The number of thiazole rings is 1. The molecule has 5 nitrogen and oxygen atoms in total. The van der Waals surface area contributed by atoms with E-state index < -0.39 is 0 Å². The number of amidine groups is 1. The highest BCUT2D eigenvalue weighted by molar-refractivity contribution is 9.10. The first-order chi connectivity index (χ1) is 9.51. The zero-order chi connectivity index (χ0) is 14.7. The molecule has 2 rings (SSSR count).